The van der Waals surface area contributed by atoms with Gasteiger partial charge in [-0.15, -0.1) is 12.4 Å². The average molecular weight is 436 g/mol. The summed E-state index contributed by atoms with van der Waals surface area (Å²) in [6.45, 7) is 4.86. The molecule has 5 rings (SSSR count). The van der Waals surface area contributed by atoms with Gasteiger partial charge in [-0.2, -0.15) is 0 Å². The highest BCUT2D eigenvalue weighted by Gasteiger charge is 2.30. The van der Waals surface area contributed by atoms with Crippen LogP contribution in [0.4, 0.5) is 0 Å². The van der Waals surface area contributed by atoms with E-state index in [1.165, 1.54) is 22.5 Å². The second kappa shape index (κ2) is 9.71. The van der Waals surface area contributed by atoms with Gasteiger partial charge in [0.25, 0.3) is 5.91 Å². The number of rotatable bonds is 6. The number of likely N-dealkylation sites (tertiary alicyclic amines) is 1. The van der Waals surface area contributed by atoms with Crippen molar-refractivity contribution >= 4 is 18.3 Å². The number of nitrogens with one attached hydrogen (secondary N) is 1. The van der Waals surface area contributed by atoms with Crippen molar-refractivity contribution in [3.8, 4) is 0 Å². The van der Waals surface area contributed by atoms with E-state index in [2.05, 4.69) is 58.4 Å². The molecule has 2 aliphatic heterocycles. The number of carbonyl (C=O) groups excluding carboxylic acids is 1. The molecule has 1 aromatic heterocycles. The van der Waals surface area contributed by atoms with Crippen molar-refractivity contribution in [1.82, 2.24) is 14.8 Å². The minimum absolute atomic E-state index is 0. The van der Waals surface area contributed by atoms with Gasteiger partial charge in [-0.3, -0.25) is 9.69 Å². The van der Waals surface area contributed by atoms with Gasteiger partial charge in [0.2, 0.25) is 0 Å². The van der Waals surface area contributed by atoms with Gasteiger partial charge in [-0.25, -0.2) is 0 Å². The monoisotopic (exact) mass is 435 g/mol. The summed E-state index contributed by atoms with van der Waals surface area (Å²) in [6, 6.07) is 23.1. The highest BCUT2D eigenvalue weighted by Crippen LogP contribution is 2.26. The number of benzene rings is 2. The van der Waals surface area contributed by atoms with Crippen LogP contribution in [0.1, 0.15) is 45.7 Å². The highest BCUT2D eigenvalue weighted by atomic mass is 35.5. The average Bonchev–Trinajstić information content (AvgIpc) is 3.34. The third kappa shape index (κ3) is 5.03. The van der Waals surface area contributed by atoms with E-state index < -0.39 is 0 Å². The standard InChI is InChI=1S/C26H29N3O.ClH/c30-26-25-9-5-4-8-22(25)18-29(26)17-21-12-14-28(15-13-21)19-24-11-10-23(27-24)16-20-6-2-1-3-7-20;/h1-11,21,27H,12-19H2;1H. The van der Waals surface area contributed by atoms with Crippen molar-refractivity contribution in [3.63, 3.8) is 0 Å². The molecule has 5 heteroatoms. The number of halogens is 1. The van der Waals surface area contributed by atoms with Gasteiger partial charge in [0, 0.05) is 43.0 Å². The van der Waals surface area contributed by atoms with Crippen molar-refractivity contribution in [1.29, 1.82) is 0 Å². The van der Waals surface area contributed by atoms with Crippen molar-refractivity contribution in [3.05, 3.63) is 94.8 Å². The molecule has 162 valence electrons. The summed E-state index contributed by atoms with van der Waals surface area (Å²) in [4.78, 5) is 20.8. The SMILES string of the molecule is Cl.O=C1c2ccccc2CN1CC1CCN(Cc2ccc(Cc3ccccc3)[nH]2)CC1. The molecule has 31 heavy (non-hydrogen) atoms. The van der Waals surface area contributed by atoms with Crippen LogP contribution in [0.25, 0.3) is 0 Å². The van der Waals surface area contributed by atoms with E-state index >= 15 is 0 Å². The Hall–Kier alpha value is -2.56. The van der Waals surface area contributed by atoms with E-state index in [9.17, 15) is 4.79 Å². The smallest absolute Gasteiger partial charge is 0.254 e. The number of aromatic nitrogens is 1. The van der Waals surface area contributed by atoms with Crippen LogP contribution >= 0.6 is 12.4 Å². The van der Waals surface area contributed by atoms with Gasteiger partial charge < -0.3 is 9.88 Å². The zero-order valence-corrected chi connectivity index (χ0v) is 18.6. The molecule has 1 amide bonds. The molecule has 2 aromatic carbocycles. The fourth-order valence-corrected chi connectivity index (χ4v) is 4.84. The lowest BCUT2D eigenvalue weighted by atomic mass is 9.96. The second-order valence-corrected chi connectivity index (χ2v) is 8.73. The summed E-state index contributed by atoms with van der Waals surface area (Å²) in [5.74, 6) is 0.821. The highest BCUT2D eigenvalue weighted by molar-refractivity contribution is 5.98. The van der Waals surface area contributed by atoms with Gasteiger partial charge in [0.15, 0.2) is 0 Å². The Bertz CT molecular complexity index is 1010. The van der Waals surface area contributed by atoms with Crippen LogP contribution in [0.2, 0.25) is 0 Å². The summed E-state index contributed by atoms with van der Waals surface area (Å²) < 4.78 is 0. The fourth-order valence-electron chi connectivity index (χ4n) is 4.84. The summed E-state index contributed by atoms with van der Waals surface area (Å²) in [7, 11) is 0. The topological polar surface area (TPSA) is 39.3 Å². The van der Waals surface area contributed by atoms with Crippen LogP contribution in [0.3, 0.4) is 0 Å². The third-order valence-electron chi connectivity index (χ3n) is 6.52. The van der Waals surface area contributed by atoms with E-state index in [0.29, 0.717) is 5.92 Å². The number of H-pyrrole nitrogens is 1. The Kier molecular flexibility index (Phi) is 6.79. The maximum Gasteiger partial charge on any atom is 0.254 e. The molecule has 0 saturated carbocycles. The molecular weight excluding hydrogens is 406 g/mol. The van der Waals surface area contributed by atoms with Crippen LogP contribution in [-0.2, 0) is 19.5 Å². The quantitative estimate of drug-likeness (QED) is 0.598. The van der Waals surface area contributed by atoms with Crippen molar-refractivity contribution in [2.45, 2.75) is 32.4 Å². The van der Waals surface area contributed by atoms with Gasteiger partial charge in [0.1, 0.15) is 0 Å². The summed E-state index contributed by atoms with van der Waals surface area (Å²) in [6.07, 6.45) is 3.28. The third-order valence-corrected chi connectivity index (χ3v) is 6.52. The number of hydrogen-bond acceptors (Lipinski definition) is 2. The van der Waals surface area contributed by atoms with E-state index in [4.69, 9.17) is 0 Å². The van der Waals surface area contributed by atoms with Crippen molar-refractivity contribution in [2.24, 2.45) is 5.92 Å². The summed E-state index contributed by atoms with van der Waals surface area (Å²) in [5, 5.41) is 0. The maximum atomic E-state index is 12.6. The van der Waals surface area contributed by atoms with E-state index in [1.54, 1.807) is 0 Å². The Labute approximate surface area is 190 Å². The van der Waals surface area contributed by atoms with Crippen LogP contribution < -0.4 is 0 Å². The maximum absolute atomic E-state index is 12.6. The second-order valence-electron chi connectivity index (χ2n) is 8.73. The molecule has 0 radical (unpaired) electrons. The summed E-state index contributed by atoms with van der Waals surface area (Å²) >= 11 is 0. The molecule has 2 aliphatic rings. The van der Waals surface area contributed by atoms with Gasteiger partial charge in [-0.1, -0.05) is 48.5 Å². The first-order valence-electron chi connectivity index (χ1n) is 11.0. The normalized spacial score (nSPS) is 16.9. The minimum atomic E-state index is 0. The predicted molar refractivity (Wildman–Crippen MR) is 126 cm³/mol. The number of aromatic amines is 1. The lowest BCUT2D eigenvalue weighted by molar-refractivity contribution is 0.0711. The first kappa shape index (κ1) is 21.7. The lowest BCUT2D eigenvalue weighted by Crippen LogP contribution is -2.38. The van der Waals surface area contributed by atoms with Crippen molar-refractivity contribution in [2.75, 3.05) is 19.6 Å². The predicted octanol–water partition coefficient (Wildman–Crippen LogP) is 4.90. The molecule has 0 unspecified atom stereocenters. The van der Waals surface area contributed by atoms with Crippen LogP contribution in [0.5, 0.6) is 0 Å². The number of carbonyl (C=O) groups is 1. The molecule has 0 bridgehead atoms. The van der Waals surface area contributed by atoms with Crippen LogP contribution in [0, 0.1) is 5.92 Å². The van der Waals surface area contributed by atoms with Gasteiger partial charge in [0.05, 0.1) is 0 Å². The zero-order valence-electron chi connectivity index (χ0n) is 17.8. The molecule has 4 nitrogen and oxygen atoms in total. The summed E-state index contributed by atoms with van der Waals surface area (Å²) in [5.41, 5.74) is 5.99. The van der Waals surface area contributed by atoms with Gasteiger partial charge in [-0.05, 0) is 61.2 Å². The molecule has 0 aliphatic carbocycles. The Balaban J connectivity index is 0.00000231. The first-order chi connectivity index (χ1) is 14.7. The Morgan fingerprint density at radius 3 is 2.35 bits per heavy atom. The van der Waals surface area contributed by atoms with Gasteiger partial charge >= 0.3 is 0 Å². The largest absolute Gasteiger partial charge is 0.361 e. The Morgan fingerprint density at radius 1 is 0.871 bits per heavy atom. The molecule has 1 saturated heterocycles. The van der Waals surface area contributed by atoms with E-state index in [0.717, 1.165) is 57.5 Å². The molecule has 1 N–H and O–H groups in total. The molecule has 0 atom stereocenters. The number of nitrogens with zero attached hydrogens (tertiary/aromatic N) is 2. The molecule has 3 heterocycles. The number of piperidine rings is 1. The molecular formula is C26H30ClN3O. The number of amides is 1. The zero-order chi connectivity index (χ0) is 20.3. The first-order valence-corrected chi connectivity index (χ1v) is 11.0. The van der Waals surface area contributed by atoms with E-state index in [1.807, 2.05) is 23.1 Å². The minimum Gasteiger partial charge on any atom is -0.361 e. The number of fused-ring (bicyclic) bond motifs is 1. The van der Waals surface area contributed by atoms with Crippen LogP contribution in [0.15, 0.2) is 66.7 Å². The number of hydrogen-bond donors (Lipinski definition) is 1. The molecule has 0 spiro atoms. The lowest BCUT2D eigenvalue weighted by Gasteiger charge is -2.33. The van der Waals surface area contributed by atoms with E-state index in [-0.39, 0.29) is 18.3 Å². The Morgan fingerprint density at radius 2 is 1.58 bits per heavy atom. The van der Waals surface area contributed by atoms with Crippen molar-refractivity contribution < 1.29 is 4.79 Å². The van der Waals surface area contributed by atoms with Crippen LogP contribution in [-0.4, -0.2) is 40.3 Å². The molecule has 3 aromatic rings. The fraction of sp³-hybridized carbons (Fsp3) is 0.346. The molecule has 1 fully saturated rings.